The summed E-state index contributed by atoms with van der Waals surface area (Å²) < 4.78 is 2.17. The van der Waals surface area contributed by atoms with Crippen LogP contribution in [0.3, 0.4) is 0 Å². The summed E-state index contributed by atoms with van der Waals surface area (Å²) >= 11 is 0. The molecule has 2 heterocycles. The Morgan fingerprint density at radius 2 is 2.00 bits per heavy atom. The third kappa shape index (κ3) is 2.13. The molecule has 0 atom stereocenters. The van der Waals surface area contributed by atoms with Crippen LogP contribution in [0.2, 0.25) is 0 Å². The maximum Gasteiger partial charge on any atom is 0.123 e. The molecule has 0 unspecified atom stereocenters. The first-order chi connectivity index (χ1) is 8.74. The zero-order chi connectivity index (χ0) is 12.5. The number of fused-ring (bicyclic) bond motifs is 1. The quantitative estimate of drug-likeness (QED) is 0.872. The molecule has 1 aliphatic rings. The Morgan fingerprint density at radius 3 is 2.72 bits per heavy atom. The summed E-state index contributed by atoms with van der Waals surface area (Å²) in [6.45, 7) is 2.80. The van der Waals surface area contributed by atoms with E-state index in [9.17, 15) is 5.11 Å². The molecule has 1 aromatic carbocycles. The summed E-state index contributed by atoms with van der Waals surface area (Å²) in [6.07, 6.45) is 1.65. The van der Waals surface area contributed by atoms with Gasteiger partial charge in [-0.2, -0.15) is 0 Å². The van der Waals surface area contributed by atoms with Gasteiger partial charge in [-0.15, -0.1) is 0 Å². The van der Waals surface area contributed by atoms with Crippen LogP contribution in [-0.4, -0.2) is 38.8 Å². The van der Waals surface area contributed by atoms with E-state index < -0.39 is 0 Å². The number of rotatable bonds is 2. The summed E-state index contributed by atoms with van der Waals surface area (Å²) in [6, 6.07) is 8.23. The first-order valence-corrected chi connectivity index (χ1v) is 6.55. The maximum absolute atomic E-state index is 9.51. The van der Waals surface area contributed by atoms with E-state index in [1.165, 1.54) is 5.52 Å². The molecule has 0 saturated carbocycles. The fourth-order valence-electron chi connectivity index (χ4n) is 2.61. The SMILES string of the molecule is Cn1c(CN2CCC(O)CC2)nc2ccccc21. The van der Waals surface area contributed by atoms with E-state index in [1.807, 2.05) is 12.1 Å². The molecule has 2 aromatic rings. The van der Waals surface area contributed by atoms with Crippen LogP contribution in [-0.2, 0) is 13.6 Å². The first-order valence-electron chi connectivity index (χ1n) is 6.55. The number of nitrogens with zero attached hydrogens (tertiary/aromatic N) is 3. The topological polar surface area (TPSA) is 41.3 Å². The molecule has 96 valence electrons. The van der Waals surface area contributed by atoms with Gasteiger partial charge in [0.2, 0.25) is 0 Å². The highest BCUT2D eigenvalue weighted by molar-refractivity contribution is 5.75. The highest BCUT2D eigenvalue weighted by Crippen LogP contribution is 2.17. The largest absolute Gasteiger partial charge is 0.393 e. The smallest absolute Gasteiger partial charge is 0.123 e. The van der Waals surface area contributed by atoms with Gasteiger partial charge in [0.05, 0.1) is 23.7 Å². The summed E-state index contributed by atoms with van der Waals surface area (Å²) in [7, 11) is 2.07. The second-order valence-corrected chi connectivity index (χ2v) is 5.08. The van der Waals surface area contributed by atoms with Gasteiger partial charge in [0, 0.05) is 20.1 Å². The van der Waals surface area contributed by atoms with Crippen molar-refractivity contribution < 1.29 is 5.11 Å². The van der Waals surface area contributed by atoms with Gasteiger partial charge in [-0.3, -0.25) is 4.90 Å². The minimum atomic E-state index is -0.110. The number of hydrogen-bond donors (Lipinski definition) is 1. The molecular weight excluding hydrogens is 226 g/mol. The molecule has 1 fully saturated rings. The Bertz CT molecular complexity index is 541. The lowest BCUT2D eigenvalue weighted by molar-refractivity contribution is 0.0777. The lowest BCUT2D eigenvalue weighted by Crippen LogP contribution is -2.35. The number of aliphatic hydroxyl groups excluding tert-OH is 1. The van der Waals surface area contributed by atoms with Crippen molar-refractivity contribution in [1.82, 2.24) is 14.5 Å². The van der Waals surface area contributed by atoms with Crippen LogP contribution >= 0.6 is 0 Å². The lowest BCUT2D eigenvalue weighted by atomic mass is 10.1. The van der Waals surface area contributed by atoms with Crippen LogP contribution in [0.5, 0.6) is 0 Å². The number of benzene rings is 1. The van der Waals surface area contributed by atoms with Gasteiger partial charge in [0.1, 0.15) is 5.82 Å². The number of likely N-dealkylation sites (tertiary alicyclic amines) is 1. The van der Waals surface area contributed by atoms with Crippen LogP contribution in [0.1, 0.15) is 18.7 Å². The Labute approximate surface area is 107 Å². The molecule has 0 radical (unpaired) electrons. The van der Waals surface area contributed by atoms with E-state index in [0.29, 0.717) is 0 Å². The second kappa shape index (κ2) is 4.71. The van der Waals surface area contributed by atoms with E-state index in [0.717, 1.165) is 43.8 Å². The van der Waals surface area contributed by atoms with E-state index in [4.69, 9.17) is 0 Å². The van der Waals surface area contributed by atoms with E-state index in [-0.39, 0.29) is 6.10 Å². The van der Waals surface area contributed by atoms with Crippen molar-refractivity contribution in [3.05, 3.63) is 30.1 Å². The van der Waals surface area contributed by atoms with E-state index in [1.54, 1.807) is 0 Å². The molecule has 4 heteroatoms. The predicted octanol–water partition coefficient (Wildman–Crippen LogP) is 1.53. The van der Waals surface area contributed by atoms with Crippen molar-refractivity contribution in [1.29, 1.82) is 0 Å². The number of para-hydroxylation sites is 2. The average molecular weight is 245 g/mol. The standard InChI is InChI=1S/C14H19N3O/c1-16-13-5-3-2-4-12(13)15-14(16)10-17-8-6-11(18)7-9-17/h2-5,11,18H,6-10H2,1H3. The molecule has 3 rings (SSSR count). The Hall–Kier alpha value is -1.39. The molecule has 18 heavy (non-hydrogen) atoms. The molecule has 4 nitrogen and oxygen atoms in total. The lowest BCUT2D eigenvalue weighted by Gasteiger charge is -2.28. The summed E-state index contributed by atoms with van der Waals surface area (Å²) in [5.41, 5.74) is 2.25. The summed E-state index contributed by atoms with van der Waals surface area (Å²) in [5, 5.41) is 9.51. The van der Waals surface area contributed by atoms with Gasteiger partial charge < -0.3 is 9.67 Å². The number of aryl methyl sites for hydroxylation is 1. The summed E-state index contributed by atoms with van der Waals surface area (Å²) in [5.74, 6) is 1.10. The fraction of sp³-hybridized carbons (Fsp3) is 0.500. The van der Waals surface area contributed by atoms with Gasteiger partial charge in [0.25, 0.3) is 0 Å². The van der Waals surface area contributed by atoms with Crippen molar-refractivity contribution in [2.75, 3.05) is 13.1 Å². The van der Waals surface area contributed by atoms with Crippen LogP contribution in [0.4, 0.5) is 0 Å². The maximum atomic E-state index is 9.51. The van der Waals surface area contributed by atoms with E-state index in [2.05, 4.69) is 33.6 Å². The third-order valence-corrected chi connectivity index (χ3v) is 3.80. The van der Waals surface area contributed by atoms with Crippen molar-refractivity contribution in [3.63, 3.8) is 0 Å². The monoisotopic (exact) mass is 245 g/mol. The molecule has 0 bridgehead atoms. The van der Waals surface area contributed by atoms with Crippen molar-refractivity contribution in [3.8, 4) is 0 Å². The first kappa shape index (κ1) is 11.7. The molecule has 1 saturated heterocycles. The molecule has 0 spiro atoms. The van der Waals surface area contributed by atoms with Crippen LogP contribution in [0.25, 0.3) is 11.0 Å². The van der Waals surface area contributed by atoms with Gasteiger partial charge >= 0.3 is 0 Å². The van der Waals surface area contributed by atoms with Crippen molar-refractivity contribution >= 4 is 11.0 Å². The van der Waals surface area contributed by atoms with Gasteiger partial charge in [0.15, 0.2) is 0 Å². The van der Waals surface area contributed by atoms with Crippen LogP contribution in [0, 0.1) is 0 Å². The normalized spacial score (nSPS) is 18.6. The second-order valence-electron chi connectivity index (χ2n) is 5.08. The molecule has 0 aliphatic carbocycles. The summed E-state index contributed by atoms with van der Waals surface area (Å²) in [4.78, 5) is 7.05. The molecule has 1 N–H and O–H groups in total. The van der Waals surface area contributed by atoms with Gasteiger partial charge in [-0.25, -0.2) is 4.98 Å². The Balaban J connectivity index is 1.80. The molecule has 0 amide bonds. The fourth-order valence-corrected chi connectivity index (χ4v) is 2.61. The minimum absolute atomic E-state index is 0.110. The Kier molecular flexibility index (Phi) is 3.06. The third-order valence-electron chi connectivity index (χ3n) is 3.80. The number of aromatic nitrogens is 2. The molecular formula is C14H19N3O. The highest BCUT2D eigenvalue weighted by atomic mass is 16.3. The number of aliphatic hydroxyl groups is 1. The van der Waals surface area contributed by atoms with Crippen LogP contribution in [0.15, 0.2) is 24.3 Å². The van der Waals surface area contributed by atoms with Gasteiger partial charge in [-0.1, -0.05) is 12.1 Å². The molecule has 1 aromatic heterocycles. The van der Waals surface area contributed by atoms with Crippen molar-refractivity contribution in [2.45, 2.75) is 25.5 Å². The Morgan fingerprint density at radius 1 is 1.28 bits per heavy atom. The van der Waals surface area contributed by atoms with Crippen LogP contribution < -0.4 is 0 Å². The number of imidazole rings is 1. The number of hydrogen-bond acceptors (Lipinski definition) is 3. The zero-order valence-corrected chi connectivity index (χ0v) is 10.7. The number of piperidine rings is 1. The van der Waals surface area contributed by atoms with Gasteiger partial charge in [-0.05, 0) is 25.0 Å². The predicted molar refractivity (Wildman–Crippen MR) is 71.2 cm³/mol. The van der Waals surface area contributed by atoms with Crippen molar-refractivity contribution in [2.24, 2.45) is 7.05 Å². The molecule has 1 aliphatic heterocycles. The zero-order valence-electron chi connectivity index (χ0n) is 10.7. The average Bonchev–Trinajstić information content (AvgIpc) is 2.70. The minimum Gasteiger partial charge on any atom is -0.393 e. The highest BCUT2D eigenvalue weighted by Gasteiger charge is 2.18. The van der Waals surface area contributed by atoms with E-state index >= 15 is 0 Å².